The Hall–Kier alpha value is 2.67. The molecule has 1 nitrogen and oxygen atoms in total. The van der Waals surface area contributed by atoms with E-state index in [4.69, 9.17) is 4.74 Å². The molecule has 6 heteroatoms. The monoisotopic (exact) mass is 892 g/mol. The molecule has 0 aromatic heterocycles. The molecule has 0 unspecified atom stereocenters. The number of rotatable bonds is 12. The van der Waals surface area contributed by atoms with Crippen LogP contribution in [0.5, 0.6) is 5.75 Å². The fourth-order valence-corrected chi connectivity index (χ4v) is 7.50. The van der Waals surface area contributed by atoms with Crippen molar-refractivity contribution in [2.75, 3.05) is 6.61 Å². The Labute approximate surface area is 215 Å². The molecule has 0 bridgehead atoms. The Bertz CT molecular complexity index is 476. The summed E-state index contributed by atoms with van der Waals surface area (Å²) >= 11 is 12.1. The van der Waals surface area contributed by atoms with Gasteiger partial charge in [-0.1, -0.05) is 64.7 Å². The van der Waals surface area contributed by atoms with Gasteiger partial charge in [-0.05, 0) is 119 Å². The molecule has 0 radical (unpaired) electrons. The zero-order valence-corrected chi connectivity index (χ0v) is 24.9. The van der Waals surface area contributed by atoms with Crippen molar-refractivity contribution in [2.45, 2.75) is 71.1 Å². The van der Waals surface area contributed by atoms with Crippen LogP contribution < -0.4 is 4.74 Å². The van der Waals surface area contributed by atoms with Crippen molar-refractivity contribution in [3.05, 3.63) is 17.9 Å². The average molecular weight is 892 g/mol. The first kappa shape index (κ1) is 24.7. The van der Waals surface area contributed by atoms with Gasteiger partial charge in [-0.15, -0.1) is 0 Å². The maximum Gasteiger partial charge on any atom is 0.148 e. The van der Waals surface area contributed by atoms with Gasteiger partial charge in [0.2, 0.25) is 0 Å². The van der Waals surface area contributed by atoms with Gasteiger partial charge in [-0.2, -0.15) is 0 Å². The van der Waals surface area contributed by atoms with Crippen molar-refractivity contribution in [3.8, 4) is 5.75 Å². The molecule has 0 aliphatic carbocycles. The molecule has 138 valence electrons. The number of halogens is 5. The van der Waals surface area contributed by atoms with Crippen molar-refractivity contribution in [3.63, 3.8) is 0 Å². The number of ether oxygens (including phenoxy) is 1. The molecule has 0 spiro atoms. The van der Waals surface area contributed by atoms with E-state index in [0.717, 1.165) is 12.4 Å². The van der Waals surface area contributed by atoms with Gasteiger partial charge in [0.15, 0.2) is 0 Å². The minimum Gasteiger partial charge on any atom is -0.491 e. The third kappa shape index (κ3) is 8.78. The van der Waals surface area contributed by atoms with Crippen LogP contribution in [0.3, 0.4) is 0 Å². The topological polar surface area (TPSA) is 9.23 Å². The molecule has 0 heterocycles. The van der Waals surface area contributed by atoms with Gasteiger partial charge in [-0.3, -0.25) is 0 Å². The predicted octanol–water partition coefficient (Wildman–Crippen LogP) is 9.01. The van der Waals surface area contributed by atoms with Gasteiger partial charge < -0.3 is 4.74 Å². The Morgan fingerprint density at radius 2 is 0.917 bits per heavy atom. The summed E-state index contributed by atoms with van der Waals surface area (Å²) in [5.41, 5.74) is 0. The lowest BCUT2D eigenvalue weighted by atomic mass is 10.1. The summed E-state index contributed by atoms with van der Waals surface area (Å²) in [6, 6.07) is 0. The molecule has 0 saturated heterocycles. The molecule has 1 aromatic carbocycles. The second kappa shape index (κ2) is 14.6. The maximum atomic E-state index is 6.13. The minimum atomic E-state index is 0.843. The average Bonchev–Trinajstić information content (AvgIpc) is 2.58. The molecular formula is C18H25I5O. The first-order valence-electron chi connectivity index (χ1n) is 8.64. The summed E-state index contributed by atoms with van der Waals surface area (Å²) in [5.74, 6) is 1.08. The van der Waals surface area contributed by atoms with Gasteiger partial charge in [0, 0.05) is 10.7 Å². The summed E-state index contributed by atoms with van der Waals surface area (Å²) in [6.45, 7) is 3.12. The summed E-state index contributed by atoms with van der Waals surface area (Å²) in [6.07, 6.45) is 13.6. The third-order valence-electron chi connectivity index (χ3n) is 3.91. The molecule has 0 fully saturated rings. The van der Waals surface area contributed by atoms with Crippen LogP contribution in [0, 0.1) is 17.9 Å². The van der Waals surface area contributed by atoms with Gasteiger partial charge in [-0.25, -0.2) is 0 Å². The Morgan fingerprint density at radius 3 is 1.38 bits per heavy atom. The molecule has 0 aliphatic heterocycles. The lowest BCUT2D eigenvalue weighted by molar-refractivity contribution is 0.299. The number of benzene rings is 1. The van der Waals surface area contributed by atoms with E-state index in [1.807, 2.05) is 0 Å². The van der Waals surface area contributed by atoms with E-state index in [0.29, 0.717) is 0 Å². The molecular weight excluding hydrogens is 867 g/mol. The molecule has 24 heavy (non-hydrogen) atoms. The second-order valence-electron chi connectivity index (χ2n) is 5.93. The van der Waals surface area contributed by atoms with Crippen LogP contribution in [0.15, 0.2) is 0 Å². The van der Waals surface area contributed by atoms with Gasteiger partial charge in [0.1, 0.15) is 5.75 Å². The van der Waals surface area contributed by atoms with Crippen molar-refractivity contribution < 1.29 is 4.74 Å². The van der Waals surface area contributed by atoms with E-state index in [2.05, 4.69) is 120 Å². The zero-order chi connectivity index (χ0) is 17.9. The van der Waals surface area contributed by atoms with Crippen LogP contribution in [0.25, 0.3) is 0 Å². The highest BCUT2D eigenvalue weighted by Crippen LogP contribution is 2.38. The normalized spacial score (nSPS) is 11.1. The van der Waals surface area contributed by atoms with E-state index < -0.39 is 0 Å². The highest BCUT2D eigenvalue weighted by molar-refractivity contribution is 14.1. The smallest absolute Gasteiger partial charge is 0.148 e. The lowest BCUT2D eigenvalue weighted by Gasteiger charge is -2.15. The largest absolute Gasteiger partial charge is 0.491 e. The Morgan fingerprint density at radius 1 is 0.542 bits per heavy atom. The van der Waals surface area contributed by atoms with Crippen molar-refractivity contribution in [1.82, 2.24) is 0 Å². The highest BCUT2D eigenvalue weighted by atomic mass is 127. The van der Waals surface area contributed by atoms with E-state index in [9.17, 15) is 0 Å². The fourth-order valence-electron chi connectivity index (χ4n) is 2.48. The maximum absolute atomic E-state index is 6.13. The summed E-state index contributed by atoms with van der Waals surface area (Å²) in [7, 11) is 0. The van der Waals surface area contributed by atoms with Crippen LogP contribution in [0.4, 0.5) is 0 Å². The summed E-state index contributed by atoms with van der Waals surface area (Å²) < 4.78 is 12.6. The van der Waals surface area contributed by atoms with Crippen molar-refractivity contribution in [1.29, 1.82) is 0 Å². The molecule has 0 N–H and O–H groups in total. The minimum absolute atomic E-state index is 0.843. The highest BCUT2D eigenvalue weighted by Gasteiger charge is 2.18. The van der Waals surface area contributed by atoms with Gasteiger partial charge in [0.25, 0.3) is 0 Å². The molecule has 0 saturated carbocycles. The SMILES string of the molecule is CCCCCCCCCCCCOc1c(I)c(I)c(I)c(I)c1I. The van der Waals surface area contributed by atoms with Crippen LogP contribution in [-0.2, 0) is 0 Å². The third-order valence-corrected chi connectivity index (χ3v) is 13.3. The first-order valence-corrected chi connectivity index (χ1v) is 14.0. The Kier molecular flexibility index (Phi) is 15.1. The van der Waals surface area contributed by atoms with Crippen LogP contribution in [-0.4, -0.2) is 6.61 Å². The fraction of sp³-hybridized carbons (Fsp3) is 0.667. The van der Waals surface area contributed by atoms with Crippen molar-refractivity contribution in [2.24, 2.45) is 0 Å². The van der Waals surface area contributed by atoms with Crippen LogP contribution >= 0.6 is 113 Å². The molecule has 1 rings (SSSR count). The van der Waals surface area contributed by atoms with Crippen molar-refractivity contribution >= 4 is 113 Å². The standard InChI is InChI=1S/C18H25I5O/c1-2-3-4-5-6-7-8-9-10-11-12-24-18-16(22)14(20)13(19)15(21)17(18)23/h2-12H2,1H3. The molecule has 0 amide bonds. The predicted molar refractivity (Wildman–Crippen MR) is 147 cm³/mol. The van der Waals surface area contributed by atoms with Crippen LogP contribution in [0.2, 0.25) is 0 Å². The van der Waals surface area contributed by atoms with Gasteiger partial charge in [0.05, 0.1) is 13.7 Å². The number of hydrogen-bond donors (Lipinski definition) is 0. The van der Waals surface area contributed by atoms with Crippen LogP contribution in [0.1, 0.15) is 71.1 Å². The van der Waals surface area contributed by atoms with Gasteiger partial charge >= 0.3 is 0 Å². The molecule has 1 aromatic rings. The first-order chi connectivity index (χ1) is 11.5. The lowest BCUT2D eigenvalue weighted by Crippen LogP contribution is -2.05. The summed E-state index contributed by atoms with van der Waals surface area (Å²) in [4.78, 5) is 0. The second-order valence-corrected chi connectivity index (χ2v) is 11.3. The number of unbranched alkanes of at least 4 members (excludes halogenated alkanes) is 9. The summed E-state index contributed by atoms with van der Waals surface area (Å²) in [5, 5.41) is 0. The van der Waals surface area contributed by atoms with E-state index in [1.165, 1.54) is 82.1 Å². The zero-order valence-electron chi connectivity index (χ0n) is 14.1. The Balaban J connectivity index is 2.20. The van der Waals surface area contributed by atoms with E-state index >= 15 is 0 Å². The molecule has 0 atom stereocenters. The number of hydrogen-bond acceptors (Lipinski definition) is 1. The quantitative estimate of drug-likeness (QED) is 0.0882. The van der Waals surface area contributed by atoms with E-state index in [1.54, 1.807) is 0 Å². The molecule has 0 aliphatic rings. The van der Waals surface area contributed by atoms with E-state index in [-0.39, 0.29) is 0 Å².